The molecule has 1 aliphatic heterocycles. The maximum Gasteiger partial charge on any atom is 0.173 e. The number of benzene rings is 1. The zero-order valence-electron chi connectivity index (χ0n) is 11.6. The SMILES string of the molecule is S=C(Nc1cnn(Cc2ccc(Cl)cc2)c1)N1CCCC1. The molecule has 0 radical (unpaired) electrons. The number of rotatable bonds is 3. The van der Waals surface area contributed by atoms with Gasteiger partial charge in [0.2, 0.25) is 0 Å². The van der Waals surface area contributed by atoms with Gasteiger partial charge in [-0.2, -0.15) is 5.10 Å². The van der Waals surface area contributed by atoms with Crippen LogP contribution in [0.3, 0.4) is 0 Å². The van der Waals surface area contributed by atoms with Crippen molar-refractivity contribution in [2.75, 3.05) is 18.4 Å². The van der Waals surface area contributed by atoms with Gasteiger partial charge in [0.25, 0.3) is 0 Å². The largest absolute Gasteiger partial charge is 0.349 e. The molecule has 0 saturated carbocycles. The Morgan fingerprint density at radius 2 is 1.95 bits per heavy atom. The Hall–Kier alpha value is -1.59. The minimum absolute atomic E-state index is 0.718. The summed E-state index contributed by atoms with van der Waals surface area (Å²) in [6.07, 6.45) is 6.21. The van der Waals surface area contributed by atoms with Crippen molar-refractivity contribution in [3.05, 3.63) is 47.2 Å². The predicted octanol–water partition coefficient (Wildman–Crippen LogP) is 3.38. The molecule has 110 valence electrons. The first-order chi connectivity index (χ1) is 10.2. The van der Waals surface area contributed by atoms with Crippen molar-refractivity contribution in [3.63, 3.8) is 0 Å². The quantitative estimate of drug-likeness (QED) is 0.879. The Labute approximate surface area is 134 Å². The number of aromatic nitrogens is 2. The van der Waals surface area contributed by atoms with Crippen LogP contribution < -0.4 is 5.32 Å². The average Bonchev–Trinajstić information content (AvgIpc) is 3.13. The number of halogens is 1. The lowest BCUT2D eigenvalue weighted by Crippen LogP contribution is -2.31. The standard InChI is InChI=1S/C15H17ClN4S/c16-13-5-3-12(4-6-13)10-20-11-14(9-17-20)18-15(21)19-7-1-2-8-19/h3-6,9,11H,1-2,7-8,10H2,(H,18,21). The van der Waals surface area contributed by atoms with Crippen LogP contribution in [-0.2, 0) is 6.54 Å². The molecule has 0 spiro atoms. The van der Waals surface area contributed by atoms with Crippen molar-refractivity contribution in [2.24, 2.45) is 0 Å². The summed E-state index contributed by atoms with van der Waals surface area (Å²) >= 11 is 11.3. The van der Waals surface area contributed by atoms with E-state index in [4.69, 9.17) is 23.8 Å². The molecular formula is C15H17ClN4S. The number of nitrogens with one attached hydrogen (secondary N) is 1. The van der Waals surface area contributed by atoms with Crippen LogP contribution in [0.1, 0.15) is 18.4 Å². The van der Waals surface area contributed by atoms with Gasteiger partial charge in [0, 0.05) is 24.3 Å². The molecule has 0 unspecified atom stereocenters. The van der Waals surface area contributed by atoms with Gasteiger partial charge in [0.15, 0.2) is 5.11 Å². The first kappa shape index (κ1) is 14.4. The molecule has 0 aliphatic carbocycles. The molecule has 0 atom stereocenters. The van der Waals surface area contributed by atoms with Crippen molar-refractivity contribution >= 4 is 34.6 Å². The summed E-state index contributed by atoms with van der Waals surface area (Å²) in [6, 6.07) is 7.79. The van der Waals surface area contributed by atoms with Crippen molar-refractivity contribution in [3.8, 4) is 0 Å². The van der Waals surface area contributed by atoms with Crippen molar-refractivity contribution in [1.29, 1.82) is 0 Å². The van der Waals surface area contributed by atoms with Crippen molar-refractivity contribution in [2.45, 2.75) is 19.4 Å². The van der Waals surface area contributed by atoms with Gasteiger partial charge < -0.3 is 10.2 Å². The lowest BCUT2D eigenvalue weighted by Gasteiger charge is -2.18. The van der Waals surface area contributed by atoms with Crippen molar-refractivity contribution < 1.29 is 0 Å². The van der Waals surface area contributed by atoms with E-state index in [1.54, 1.807) is 6.20 Å². The molecule has 0 amide bonds. The van der Waals surface area contributed by atoms with Gasteiger partial charge in [-0.3, -0.25) is 4.68 Å². The second-order valence-corrected chi connectivity index (χ2v) is 6.00. The molecule has 1 saturated heterocycles. The molecule has 21 heavy (non-hydrogen) atoms. The van der Waals surface area contributed by atoms with E-state index in [0.717, 1.165) is 41.0 Å². The highest BCUT2D eigenvalue weighted by molar-refractivity contribution is 7.80. The second kappa shape index (κ2) is 6.45. The number of likely N-dealkylation sites (tertiary alicyclic amines) is 1. The Kier molecular flexibility index (Phi) is 4.41. The molecule has 0 bridgehead atoms. The fourth-order valence-corrected chi connectivity index (χ4v) is 2.84. The van der Waals surface area contributed by atoms with E-state index in [0.29, 0.717) is 0 Å². The molecule has 2 heterocycles. The molecule has 2 aromatic rings. The summed E-state index contributed by atoms with van der Waals surface area (Å²) in [6.45, 7) is 2.81. The molecule has 1 aliphatic rings. The minimum atomic E-state index is 0.718. The van der Waals surface area contributed by atoms with E-state index in [-0.39, 0.29) is 0 Å². The van der Waals surface area contributed by atoms with E-state index < -0.39 is 0 Å². The zero-order valence-corrected chi connectivity index (χ0v) is 13.2. The summed E-state index contributed by atoms with van der Waals surface area (Å²) < 4.78 is 1.89. The highest BCUT2D eigenvalue weighted by Gasteiger charge is 2.15. The summed E-state index contributed by atoms with van der Waals surface area (Å²) in [7, 11) is 0. The van der Waals surface area contributed by atoms with Crippen LogP contribution in [0, 0.1) is 0 Å². The third-order valence-electron chi connectivity index (χ3n) is 3.54. The molecule has 1 fully saturated rings. The summed E-state index contributed by atoms with van der Waals surface area (Å²) in [5, 5.41) is 9.15. The molecule has 6 heteroatoms. The molecular weight excluding hydrogens is 304 g/mol. The maximum absolute atomic E-state index is 5.89. The number of thiocarbonyl (C=S) groups is 1. The monoisotopic (exact) mass is 320 g/mol. The lowest BCUT2D eigenvalue weighted by molar-refractivity contribution is 0.528. The number of anilines is 1. The number of nitrogens with zero attached hydrogens (tertiary/aromatic N) is 3. The van der Waals surface area contributed by atoms with Gasteiger partial charge >= 0.3 is 0 Å². The topological polar surface area (TPSA) is 33.1 Å². The van der Waals surface area contributed by atoms with Crippen LogP contribution in [0.15, 0.2) is 36.7 Å². The first-order valence-corrected chi connectivity index (χ1v) is 7.82. The van der Waals surface area contributed by atoms with Crippen LogP contribution >= 0.6 is 23.8 Å². The van der Waals surface area contributed by atoms with E-state index >= 15 is 0 Å². The smallest absolute Gasteiger partial charge is 0.173 e. The Balaban J connectivity index is 1.60. The van der Waals surface area contributed by atoms with Gasteiger partial charge in [-0.1, -0.05) is 23.7 Å². The van der Waals surface area contributed by atoms with Gasteiger partial charge in [-0.15, -0.1) is 0 Å². The Morgan fingerprint density at radius 3 is 2.67 bits per heavy atom. The fourth-order valence-electron chi connectivity index (χ4n) is 2.41. The van der Waals surface area contributed by atoms with E-state index in [9.17, 15) is 0 Å². The second-order valence-electron chi connectivity index (χ2n) is 5.18. The Morgan fingerprint density at radius 1 is 1.24 bits per heavy atom. The van der Waals surface area contributed by atoms with Gasteiger partial charge in [-0.25, -0.2) is 0 Å². The number of hydrogen-bond donors (Lipinski definition) is 1. The van der Waals surface area contributed by atoms with Gasteiger partial charge in [-0.05, 0) is 42.8 Å². The number of hydrogen-bond acceptors (Lipinski definition) is 2. The Bertz CT molecular complexity index is 617. The van der Waals surface area contributed by atoms with Crippen LogP contribution in [0.25, 0.3) is 0 Å². The highest BCUT2D eigenvalue weighted by atomic mass is 35.5. The molecule has 1 aromatic carbocycles. The van der Waals surface area contributed by atoms with E-state index in [1.165, 1.54) is 12.8 Å². The van der Waals surface area contributed by atoms with Gasteiger partial charge in [0.1, 0.15) is 0 Å². The first-order valence-electron chi connectivity index (χ1n) is 7.03. The molecule has 1 aromatic heterocycles. The highest BCUT2D eigenvalue weighted by Crippen LogP contribution is 2.14. The predicted molar refractivity (Wildman–Crippen MR) is 89.8 cm³/mol. The van der Waals surface area contributed by atoms with Gasteiger partial charge in [0.05, 0.1) is 18.4 Å². The lowest BCUT2D eigenvalue weighted by atomic mass is 10.2. The van der Waals surface area contributed by atoms with Crippen LogP contribution in [0.4, 0.5) is 5.69 Å². The fraction of sp³-hybridized carbons (Fsp3) is 0.333. The third-order valence-corrected chi connectivity index (χ3v) is 4.15. The van der Waals surface area contributed by atoms with Crippen LogP contribution in [0.5, 0.6) is 0 Å². The molecule has 3 rings (SSSR count). The average molecular weight is 321 g/mol. The van der Waals surface area contributed by atoms with E-state index in [2.05, 4.69) is 15.3 Å². The summed E-state index contributed by atoms with van der Waals surface area (Å²) in [5.74, 6) is 0. The van der Waals surface area contributed by atoms with Crippen molar-refractivity contribution in [1.82, 2.24) is 14.7 Å². The normalized spacial score (nSPS) is 14.4. The van der Waals surface area contributed by atoms with Crippen LogP contribution in [-0.4, -0.2) is 32.9 Å². The minimum Gasteiger partial charge on any atom is -0.349 e. The molecule has 1 N–H and O–H groups in total. The summed E-state index contributed by atoms with van der Waals surface area (Å²) in [5.41, 5.74) is 2.09. The zero-order chi connectivity index (χ0) is 14.7. The molecule has 4 nitrogen and oxygen atoms in total. The maximum atomic E-state index is 5.89. The summed E-state index contributed by atoms with van der Waals surface area (Å²) in [4.78, 5) is 2.20. The van der Waals surface area contributed by atoms with Crippen LogP contribution in [0.2, 0.25) is 5.02 Å². The van der Waals surface area contributed by atoms with E-state index in [1.807, 2.05) is 35.1 Å². The third kappa shape index (κ3) is 3.74.